The fraction of sp³-hybridized carbons (Fsp3) is 0.317. The van der Waals surface area contributed by atoms with E-state index < -0.39 is 70.5 Å². The normalized spacial score (nSPS) is 21.7. The van der Waals surface area contributed by atoms with Gasteiger partial charge in [0.05, 0.1) is 0 Å². The molecule has 7 atom stereocenters. The smallest absolute Gasteiger partial charge is 0.352 e. The van der Waals surface area contributed by atoms with Crippen molar-refractivity contribution in [2.24, 2.45) is 18.5 Å². The maximum Gasteiger partial charge on any atom is 0.352 e. The van der Waals surface area contributed by atoms with Gasteiger partial charge in [-0.25, -0.2) is 19.6 Å². The number of nitrogens with zero attached hydrogens (tertiary/aromatic N) is 5. The summed E-state index contributed by atoms with van der Waals surface area (Å²) in [6.45, 7) is 3.83. The molecule has 4 aromatic rings. The van der Waals surface area contributed by atoms with Crippen LogP contribution in [0.3, 0.4) is 0 Å². The number of H-pyrrole nitrogens is 1. The third-order valence-electron chi connectivity index (χ3n) is 10.7. The van der Waals surface area contributed by atoms with E-state index in [2.05, 4.69) is 25.6 Å². The molecule has 22 heteroatoms. The predicted octanol–water partition coefficient (Wildman–Crippen LogP) is 2.59. The zero-order valence-electron chi connectivity index (χ0n) is 34.0. The zero-order valence-corrected chi connectivity index (χ0v) is 37.3. The summed E-state index contributed by atoms with van der Waals surface area (Å²) < 4.78 is 1.93. The van der Waals surface area contributed by atoms with Gasteiger partial charge in [0.25, 0.3) is 11.8 Å². The number of benzene rings is 2. The number of nitrogens with two attached hydrogens (primary N) is 2. The second-order valence-corrected chi connectivity index (χ2v) is 19.2. The summed E-state index contributed by atoms with van der Waals surface area (Å²) in [5.74, 6) is -2.86. The third-order valence-corrected chi connectivity index (χ3v) is 15.6. The zero-order chi connectivity index (χ0) is 45.1. The number of aliphatic carboxylic acids is 2. The number of aryl methyl sites for hydroxylation is 1. The molecule has 2 aromatic carbocycles. The number of rotatable bonds is 14. The number of carbonyl (C=O) groups excluding carboxylic acids is 4. The Bertz CT molecular complexity index is 2470. The topological polar surface area (TPSA) is 272 Å². The van der Waals surface area contributed by atoms with Gasteiger partial charge in [-0.15, -0.1) is 23.5 Å². The summed E-state index contributed by atoms with van der Waals surface area (Å²) in [7, 11) is 1.90. The van der Waals surface area contributed by atoms with Gasteiger partial charge in [-0.3, -0.25) is 29.0 Å². The van der Waals surface area contributed by atoms with Crippen LogP contribution in [0.5, 0.6) is 0 Å². The lowest BCUT2D eigenvalue weighted by molar-refractivity contribution is -0.150. The number of imidazole rings is 2. The maximum absolute atomic E-state index is 12.8. The minimum absolute atomic E-state index is 0.00459. The van der Waals surface area contributed by atoms with E-state index in [4.69, 9.17) is 11.5 Å². The van der Waals surface area contributed by atoms with Crippen molar-refractivity contribution in [2.75, 3.05) is 17.3 Å². The number of aromatic nitrogens is 4. The molecule has 9 N–H and O–H groups in total. The Morgan fingerprint density at radius 1 is 0.841 bits per heavy atom. The summed E-state index contributed by atoms with van der Waals surface area (Å²) in [6, 6.07) is 14.3. The van der Waals surface area contributed by atoms with Gasteiger partial charge in [-0.05, 0) is 36.1 Å². The van der Waals surface area contributed by atoms with Gasteiger partial charge in [0.2, 0.25) is 11.8 Å². The number of fused-ring (bicyclic) bond motifs is 2. The molecule has 2 fully saturated rings. The number of β-lactam (4-membered cyclic amide) rings is 2. The van der Waals surface area contributed by atoms with Crippen LogP contribution in [0.1, 0.15) is 35.8 Å². The van der Waals surface area contributed by atoms with Crippen LogP contribution in [0.2, 0.25) is 0 Å². The molecule has 4 aliphatic heterocycles. The summed E-state index contributed by atoms with van der Waals surface area (Å²) in [5.41, 5.74) is 15.6. The van der Waals surface area contributed by atoms with Gasteiger partial charge >= 0.3 is 11.9 Å². The summed E-state index contributed by atoms with van der Waals surface area (Å²) in [6.07, 6.45) is 5.08. The first kappa shape index (κ1) is 45.5. The van der Waals surface area contributed by atoms with E-state index in [0.29, 0.717) is 44.7 Å². The lowest BCUT2D eigenvalue weighted by atomic mass is 10.0. The van der Waals surface area contributed by atoms with E-state index in [1.54, 1.807) is 67.1 Å². The number of aromatic amines is 1. The highest BCUT2D eigenvalue weighted by atomic mass is 32.2. The predicted molar refractivity (Wildman–Crippen MR) is 239 cm³/mol. The molecule has 0 spiro atoms. The molecular formula is C41H44N10O8S4. The molecule has 2 aromatic heterocycles. The molecule has 63 heavy (non-hydrogen) atoms. The molecule has 0 bridgehead atoms. The monoisotopic (exact) mass is 932 g/mol. The van der Waals surface area contributed by atoms with Crippen molar-refractivity contribution in [2.45, 2.75) is 64.3 Å². The number of thioether (sulfide) groups is 4. The number of hydrogen-bond donors (Lipinski definition) is 7. The number of carbonyl (C=O) groups is 6. The first-order valence-corrected chi connectivity index (χ1v) is 23.4. The molecule has 4 aliphatic rings. The van der Waals surface area contributed by atoms with Crippen LogP contribution in [0.25, 0.3) is 0 Å². The minimum Gasteiger partial charge on any atom is -0.477 e. The standard InChI is InChI=1S/C21H23N5O4S2.C20H21N5O4S2/c1-11-8-23-21(25(11)2)32-10-13-9-31-19-15(18(28)26(19)16(13)20(29)30)24-17(27)14(22)12-6-4-3-5-7-12;1-10(31-20-22-7-8-23-20)12-9-30-18-14(17(27)25(18)15(12)19(28)29)24-16(26)13(21)11-5-3-2-4-6-11/h3-8,14-15,19H,9-10,22H2,1-2H3,(H,24,27)(H,29,30);2-8,10,13-14,18H,9,21H2,1H3,(H,22,23)(H,24,26)(H,28,29)/t14?,15?,19-;10?,13?,14?,18-/m00/s1. The average Bonchev–Trinajstić information content (AvgIpc) is 3.93. The van der Waals surface area contributed by atoms with Crippen molar-refractivity contribution in [3.63, 3.8) is 0 Å². The molecule has 18 nitrogen and oxygen atoms in total. The Hall–Kier alpha value is -5.52. The van der Waals surface area contributed by atoms with Crippen LogP contribution >= 0.6 is 47.0 Å². The van der Waals surface area contributed by atoms with Crippen molar-refractivity contribution in [1.82, 2.24) is 40.0 Å². The van der Waals surface area contributed by atoms with Gasteiger partial charge in [0.1, 0.15) is 46.3 Å². The van der Waals surface area contributed by atoms with E-state index in [9.17, 15) is 39.0 Å². The van der Waals surface area contributed by atoms with Crippen LogP contribution in [0, 0.1) is 6.92 Å². The minimum atomic E-state index is -1.16. The van der Waals surface area contributed by atoms with Crippen molar-refractivity contribution < 1.29 is 39.0 Å². The average molecular weight is 933 g/mol. The molecular weight excluding hydrogens is 889 g/mol. The van der Waals surface area contributed by atoms with E-state index in [0.717, 1.165) is 10.9 Å². The molecule has 8 rings (SSSR count). The molecule has 2 saturated heterocycles. The Morgan fingerprint density at radius 3 is 1.84 bits per heavy atom. The van der Waals surface area contributed by atoms with Crippen LogP contribution in [0.4, 0.5) is 0 Å². The quantitative estimate of drug-likeness (QED) is 0.0707. The number of carboxylic acids is 2. The van der Waals surface area contributed by atoms with Gasteiger partial charge in [-0.2, -0.15) is 0 Å². The molecule has 5 unspecified atom stereocenters. The molecule has 0 aliphatic carbocycles. The van der Waals surface area contributed by atoms with Gasteiger partial charge < -0.3 is 41.9 Å². The van der Waals surface area contributed by atoms with Crippen molar-refractivity contribution >= 4 is 82.6 Å². The van der Waals surface area contributed by atoms with Gasteiger partial charge in [0.15, 0.2) is 10.3 Å². The Balaban J connectivity index is 0.000000189. The molecule has 0 saturated carbocycles. The number of hydrogen-bond acceptors (Lipinski definition) is 14. The van der Waals surface area contributed by atoms with Crippen LogP contribution in [-0.4, -0.2) is 120 Å². The summed E-state index contributed by atoms with van der Waals surface area (Å²) >= 11 is 5.69. The second-order valence-electron chi connectivity index (χ2n) is 14.7. The van der Waals surface area contributed by atoms with E-state index in [1.807, 2.05) is 37.6 Å². The lowest BCUT2D eigenvalue weighted by Gasteiger charge is -2.50. The molecule has 330 valence electrons. The molecule has 4 amide bonds. The largest absolute Gasteiger partial charge is 0.477 e. The summed E-state index contributed by atoms with van der Waals surface area (Å²) in [5, 5.41) is 25.3. The van der Waals surface area contributed by atoms with Crippen LogP contribution in [0.15, 0.2) is 112 Å². The van der Waals surface area contributed by atoms with Crippen molar-refractivity contribution in [1.29, 1.82) is 0 Å². The van der Waals surface area contributed by atoms with Crippen molar-refractivity contribution in [3.05, 3.63) is 119 Å². The maximum atomic E-state index is 12.8. The highest BCUT2D eigenvalue weighted by Gasteiger charge is 2.56. The molecule has 0 radical (unpaired) electrons. The summed E-state index contributed by atoms with van der Waals surface area (Å²) in [4.78, 5) is 88.8. The first-order valence-electron chi connectivity index (χ1n) is 19.5. The number of nitrogens with one attached hydrogen (secondary N) is 3. The van der Waals surface area contributed by atoms with E-state index in [1.165, 1.54) is 56.8 Å². The van der Waals surface area contributed by atoms with Gasteiger partial charge in [0, 0.05) is 53.8 Å². The Kier molecular flexibility index (Phi) is 14.1. The van der Waals surface area contributed by atoms with Crippen molar-refractivity contribution in [3.8, 4) is 0 Å². The number of amides is 4. The fourth-order valence-corrected chi connectivity index (χ4v) is 12.2. The first-order chi connectivity index (χ1) is 30.2. The SMILES string of the molecule is CC(Sc1ncc[nH]1)C1=C(C(=O)O)N2C(=O)C(NC(=O)C(N)c3ccccc3)[C@@H]2SC1.Cc1cnc(SCC2=C(C(=O)O)N3C(=O)C(NC(=O)C(N)c4ccccc4)[C@@H]3SC2)n1C. The van der Waals surface area contributed by atoms with E-state index >= 15 is 0 Å². The Morgan fingerprint density at radius 2 is 1.37 bits per heavy atom. The highest BCUT2D eigenvalue weighted by Crippen LogP contribution is 2.44. The fourth-order valence-electron chi connectivity index (χ4n) is 7.17. The number of carboxylic acid groups (broad SMARTS) is 2. The van der Waals surface area contributed by atoms with E-state index in [-0.39, 0.29) is 16.6 Å². The second kappa shape index (κ2) is 19.5. The lowest BCUT2D eigenvalue weighted by Crippen LogP contribution is -2.71. The van der Waals surface area contributed by atoms with Crippen LogP contribution < -0.4 is 22.1 Å². The molecule has 6 heterocycles. The Labute approximate surface area is 378 Å². The van der Waals surface area contributed by atoms with Gasteiger partial charge in [-0.1, -0.05) is 84.2 Å². The van der Waals surface area contributed by atoms with Crippen LogP contribution in [-0.2, 0) is 35.8 Å². The third kappa shape index (κ3) is 9.41. The highest BCUT2D eigenvalue weighted by molar-refractivity contribution is 8.01.